The first kappa shape index (κ1) is 16.5. The number of carbonyl (C=O) groups excluding carboxylic acids is 2. The molecule has 5 heteroatoms. The van der Waals surface area contributed by atoms with Gasteiger partial charge >= 0.3 is 5.97 Å². The summed E-state index contributed by atoms with van der Waals surface area (Å²) in [6.45, 7) is 8.75. The molecule has 0 aromatic carbocycles. The second-order valence-electron chi connectivity index (χ2n) is 4.49. The van der Waals surface area contributed by atoms with Gasteiger partial charge in [0.05, 0.1) is 0 Å². The van der Waals surface area contributed by atoms with Gasteiger partial charge in [0.25, 0.3) is 5.91 Å². The number of esters is 1. The second-order valence-corrected chi connectivity index (χ2v) is 4.49. The van der Waals surface area contributed by atoms with E-state index in [4.69, 9.17) is 5.11 Å². The fraction of sp³-hybridized carbons (Fsp3) is 0.692. The third-order valence-corrected chi connectivity index (χ3v) is 2.17. The smallest absolute Gasteiger partial charge is 0.335 e. The number of ether oxygens (including phenoxy) is 1. The van der Waals surface area contributed by atoms with E-state index in [1.165, 1.54) is 6.92 Å². The summed E-state index contributed by atoms with van der Waals surface area (Å²) in [5, 5.41) is 8.87. The lowest BCUT2D eigenvalue weighted by atomic mass is 10.2. The molecular weight excluding hydrogens is 234 g/mol. The molecule has 0 aliphatic carbocycles. The first-order valence-electron chi connectivity index (χ1n) is 5.93. The van der Waals surface area contributed by atoms with Crippen molar-refractivity contribution in [3.05, 3.63) is 0 Å². The van der Waals surface area contributed by atoms with Gasteiger partial charge in [-0.3, -0.25) is 4.79 Å². The van der Waals surface area contributed by atoms with E-state index in [2.05, 4.69) is 16.6 Å². The van der Waals surface area contributed by atoms with E-state index < -0.39 is 12.1 Å². The van der Waals surface area contributed by atoms with Crippen LogP contribution in [0.15, 0.2) is 0 Å². The average molecular weight is 255 g/mol. The molecule has 0 rings (SSSR count). The highest BCUT2D eigenvalue weighted by Crippen LogP contribution is 2.04. The Bertz CT molecular complexity index is 342. The van der Waals surface area contributed by atoms with Crippen LogP contribution in [0.1, 0.15) is 34.6 Å². The van der Waals surface area contributed by atoms with Crippen LogP contribution in [-0.2, 0) is 14.3 Å². The summed E-state index contributed by atoms with van der Waals surface area (Å²) in [6, 6.07) is 0.124. The minimum Gasteiger partial charge on any atom is -0.451 e. The largest absolute Gasteiger partial charge is 0.451 e. The molecule has 102 valence electrons. The third kappa shape index (κ3) is 5.69. The fourth-order valence-corrected chi connectivity index (χ4v) is 1.47. The molecular formula is C13H21NO4. The van der Waals surface area contributed by atoms with Crippen molar-refractivity contribution in [1.82, 2.24) is 4.90 Å². The van der Waals surface area contributed by atoms with Gasteiger partial charge < -0.3 is 14.7 Å². The van der Waals surface area contributed by atoms with E-state index in [1.807, 2.05) is 27.7 Å². The number of aliphatic hydroxyl groups excluding tert-OH is 1. The molecule has 0 bridgehead atoms. The average Bonchev–Trinajstić information content (AvgIpc) is 2.22. The number of hydrogen-bond acceptors (Lipinski definition) is 4. The van der Waals surface area contributed by atoms with Crippen molar-refractivity contribution in [2.75, 3.05) is 6.61 Å². The van der Waals surface area contributed by atoms with Gasteiger partial charge in [-0.2, -0.15) is 0 Å². The number of carbonyl (C=O) groups is 2. The maximum atomic E-state index is 11.8. The number of aliphatic hydroxyl groups is 1. The van der Waals surface area contributed by atoms with Gasteiger partial charge in [-0.1, -0.05) is 5.92 Å². The molecule has 0 radical (unpaired) electrons. The van der Waals surface area contributed by atoms with Crippen molar-refractivity contribution in [1.29, 1.82) is 0 Å². The van der Waals surface area contributed by atoms with Crippen LogP contribution in [0.3, 0.4) is 0 Å². The topological polar surface area (TPSA) is 66.8 Å². The summed E-state index contributed by atoms with van der Waals surface area (Å²) in [7, 11) is 0. The molecule has 1 atom stereocenters. The van der Waals surface area contributed by atoms with Crippen LogP contribution in [0.2, 0.25) is 0 Å². The van der Waals surface area contributed by atoms with Gasteiger partial charge in [0.1, 0.15) is 6.10 Å². The van der Waals surface area contributed by atoms with Crippen molar-refractivity contribution >= 4 is 11.9 Å². The monoisotopic (exact) mass is 255 g/mol. The molecule has 0 spiro atoms. The molecule has 0 aliphatic heterocycles. The van der Waals surface area contributed by atoms with Crippen molar-refractivity contribution in [3.63, 3.8) is 0 Å². The highest BCUT2D eigenvalue weighted by Gasteiger charge is 2.17. The maximum absolute atomic E-state index is 11.8. The molecule has 0 heterocycles. The Morgan fingerprint density at radius 2 is 1.67 bits per heavy atom. The molecule has 0 fully saturated rings. The summed E-state index contributed by atoms with van der Waals surface area (Å²) in [6.07, 6.45) is -1.18. The Balaban J connectivity index is 4.36. The zero-order chi connectivity index (χ0) is 14.3. The Morgan fingerprint density at radius 1 is 1.17 bits per heavy atom. The van der Waals surface area contributed by atoms with E-state index in [9.17, 15) is 9.59 Å². The van der Waals surface area contributed by atoms with Crippen LogP contribution in [0.25, 0.3) is 0 Å². The SMILES string of the molecule is CC(O)C(=O)OCC#CC(=O)N(C(C)C)C(C)C. The Labute approximate surface area is 108 Å². The standard InChI is InChI=1S/C13H21NO4/c1-9(2)14(10(3)4)12(16)7-6-8-18-13(17)11(5)15/h9-11,15H,8H2,1-5H3. The van der Waals surface area contributed by atoms with E-state index >= 15 is 0 Å². The molecule has 18 heavy (non-hydrogen) atoms. The molecule has 0 saturated carbocycles. The third-order valence-electron chi connectivity index (χ3n) is 2.17. The Morgan fingerprint density at radius 3 is 2.06 bits per heavy atom. The van der Waals surface area contributed by atoms with Gasteiger partial charge in [-0.15, -0.1) is 0 Å². The molecule has 0 saturated heterocycles. The Hall–Kier alpha value is -1.54. The maximum Gasteiger partial charge on any atom is 0.335 e. The number of amides is 1. The van der Waals surface area contributed by atoms with Crippen LogP contribution in [0.4, 0.5) is 0 Å². The first-order chi connectivity index (χ1) is 8.27. The van der Waals surface area contributed by atoms with Crippen LogP contribution >= 0.6 is 0 Å². The second kappa shape index (κ2) is 7.72. The fourth-order valence-electron chi connectivity index (χ4n) is 1.47. The highest BCUT2D eigenvalue weighted by molar-refractivity contribution is 5.94. The van der Waals surface area contributed by atoms with Crippen LogP contribution in [0, 0.1) is 11.8 Å². The molecule has 1 unspecified atom stereocenters. The lowest BCUT2D eigenvalue weighted by molar-refractivity contribution is -0.151. The quantitative estimate of drug-likeness (QED) is 0.589. The highest BCUT2D eigenvalue weighted by atomic mass is 16.5. The van der Waals surface area contributed by atoms with Crippen molar-refractivity contribution in [2.45, 2.75) is 52.8 Å². The molecule has 0 aliphatic rings. The molecule has 1 N–H and O–H groups in total. The first-order valence-corrected chi connectivity index (χ1v) is 5.93. The van der Waals surface area contributed by atoms with Gasteiger partial charge in [0.2, 0.25) is 0 Å². The van der Waals surface area contributed by atoms with Crippen molar-refractivity contribution in [3.8, 4) is 11.8 Å². The zero-order valence-electron chi connectivity index (χ0n) is 11.6. The predicted octanol–water partition coefficient (Wildman–Crippen LogP) is 0.559. The van der Waals surface area contributed by atoms with Gasteiger partial charge in [0, 0.05) is 12.1 Å². The van der Waals surface area contributed by atoms with Crippen molar-refractivity contribution < 1.29 is 19.4 Å². The van der Waals surface area contributed by atoms with E-state index in [0.717, 1.165) is 0 Å². The lowest BCUT2D eigenvalue weighted by Gasteiger charge is -2.28. The van der Waals surface area contributed by atoms with Crippen LogP contribution in [0.5, 0.6) is 0 Å². The lowest BCUT2D eigenvalue weighted by Crippen LogP contribution is -2.41. The van der Waals surface area contributed by atoms with Crippen molar-refractivity contribution in [2.24, 2.45) is 0 Å². The summed E-state index contributed by atoms with van der Waals surface area (Å²) in [5.74, 6) is 3.84. The summed E-state index contributed by atoms with van der Waals surface area (Å²) in [4.78, 5) is 24.3. The summed E-state index contributed by atoms with van der Waals surface area (Å²) >= 11 is 0. The number of hydrogen-bond donors (Lipinski definition) is 1. The minimum absolute atomic E-state index is 0.0619. The molecule has 0 aromatic rings. The normalized spacial score (nSPS) is 11.8. The van der Waals surface area contributed by atoms with E-state index in [0.29, 0.717) is 0 Å². The molecule has 0 aromatic heterocycles. The Kier molecular flexibility index (Phi) is 7.06. The zero-order valence-corrected chi connectivity index (χ0v) is 11.6. The predicted molar refractivity (Wildman–Crippen MR) is 67.5 cm³/mol. The molecule has 1 amide bonds. The van der Waals surface area contributed by atoms with Gasteiger partial charge in [-0.05, 0) is 40.5 Å². The minimum atomic E-state index is -1.18. The van der Waals surface area contributed by atoms with Gasteiger partial charge in [0.15, 0.2) is 6.61 Å². The molecule has 5 nitrogen and oxygen atoms in total. The van der Waals surface area contributed by atoms with Crippen LogP contribution < -0.4 is 0 Å². The van der Waals surface area contributed by atoms with E-state index in [-0.39, 0.29) is 24.6 Å². The van der Waals surface area contributed by atoms with E-state index in [1.54, 1.807) is 4.90 Å². The summed E-state index contributed by atoms with van der Waals surface area (Å²) in [5.41, 5.74) is 0. The number of nitrogens with zero attached hydrogens (tertiary/aromatic N) is 1. The van der Waals surface area contributed by atoms with Crippen LogP contribution in [-0.4, -0.2) is 46.7 Å². The number of rotatable bonds is 4. The summed E-state index contributed by atoms with van der Waals surface area (Å²) < 4.78 is 4.62. The van der Waals surface area contributed by atoms with Gasteiger partial charge in [-0.25, -0.2) is 4.79 Å².